The van der Waals surface area contributed by atoms with Gasteiger partial charge in [0.1, 0.15) is 5.75 Å². The predicted molar refractivity (Wildman–Crippen MR) is 62.8 cm³/mol. The highest BCUT2D eigenvalue weighted by molar-refractivity contribution is 5.95. The summed E-state index contributed by atoms with van der Waals surface area (Å²) in [6.45, 7) is 2.30. The molecule has 0 bridgehead atoms. The van der Waals surface area contributed by atoms with Crippen molar-refractivity contribution in [3.8, 4) is 5.75 Å². The minimum Gasteiger partial charge on any atom is -0.508 e. The van der Waals surface area contributed by atoms with Gasteiger partial charge in [-0.2, -0.15) is 0 Å². The highest BCUT2D eigenvalue weighted by Gasteiger charge is 2.08. The topological polar surface area (TPSA) is 104 Å². The quantitative estimate of drug-likeness (QED) is 0.558. The van der Waals surface area contributed by atoms with Gasteiger partial charge < -0.3 is 21.5 Å². The number of hydrogen-bond acceptors (Lipinski definition) is 3. The Balaban J connectivity index is 2.50. The summed E-state index contributed by atoms with van der Waals surface area (Å²) in [5, 5.41) is 14.2. The standard InChI is InChI=1S/C11H15N3O3/c1-7-6-8(15)2-3-9(7)10(16)13-4-5-14-11(12)17/h2-3,6,15H,4-5H2,1H3,(H,13,16)(H3,12,14,17). The molecule has 6 nitrogen and oxygen atoms in total. The lowest BCUT2D eigenvalue weighted by atomic mass is 10.1. The van der Waals surface area contributed by atoms with Crippen LogP contribution in [0.1, 0.15) is 15.9 Å². The molecule has 0 aliphatic heterocycles. The Morgan fingerprint density at radius 2 is 1.94 bits per heavy atom. The molecule has 0 unspecified atom stereocenters. The number of amides is 3. The molecule has 0 radical (unpaired) electrons. The molecule has 0 saturated heterocycles. The molecule has 0 spiro atoms. The van der Waals surface area contributed by atoms with Crippen LogP contribution in [0.25, 0.3) is 0 Å². The Morgan fingerprint density at radius 1 is 1.29 bits per heavy atom. The van der Waals surface area contributed by atoms with E-state index < -0.39 is 6.03 Å². The molecule has 17 heavy (non-hydrogen) atoms. The van der Waals surface area contributed by atoms with E-state index in [1.54, 1.807) is 13.0 Å². The molecular weight excluding hydrogens is 222 g/mol. The monoisotopic (exact) mass is 237 g/mol. The van der Waals surface area contributed by atoms with Gasteiger partial charge in [-0.15, -0.1) is 0 Å². The van der Waals surface area contributed by atoms with Gasteiger partial charge in [0.15, 0.2) is 0 Å². The van der Waals surface area contributed by atoms with Gasteiger partial charge in [0, 0.05) is 18.7 Å². The molecule has 3 amide bonds. The van der Waals surface area contributed by atoms with Gasteiger partial charge in [-0.1, -0.05) is 0 Å². The number of primary amides is 1. The molecule has 5 N–H and O–H groups in total. The second kappa shape index (κ2) is 5.74. The van der Waals surface area contributed by atoms with Crippen molar-refractivity contribution in [1.29, 1.82) is 0 Å². The fourth-order valence-electron chi connectivity index (χ4n) is 1.36. The van der Waals surface area contributed by atoms with Gasteiger partial charge in [0.05, 0.1) is 0 Å². The SMILES string of the molecule is Cc1cc(O)ccc1C(=O)NCCNC(N)=O. The largest absolute Gasteiger partial charge is 0.508 e. The summed E-state index contributed by atoms with van der Waals surface area (Å²) in [6, 6.07) is 3.88. The lowest BCUT2D eigenvalue weighted by molar-refractivity contribution is 0.0953. The van der Waals surface area contributed by atoms with Gasteiger partial charge in [-0.25, -0.2) is 4.79 Å². The minimum absolute atomic E-state index is 0.120. The number of benzene rings is 1. The number of nitrogens with two attached hydrogens (primary N) is 1. The first-order chi connectivity index (χ1) is 8.00. The van der Waals surface area contributed by atoms with E-state index in [-0.39, 0.29) is 18.2 Å². The lowest BCUT2D eigenvalue weighted by Gasteiger charge is -2.08. The fourth-order valence-corrected chi connectivity index (χ4v) is 1.36. The van der Waals surface area contributed by atoms with Crippen molar-refractivity contribution in [3.05, 3.63) is 29.3 Å². The average Bonchev–Trinajstić information content (AvgIpc) is 2.23. The Bertz CT molecular complexity index is 432. The van der Waals surface area contributed by atoms with Crippen LogP contribution in [0.3, 0.4) is 0 Å². The Morgan fingerprint density at radius 3 is 2.53 bits per heavy atom. The van der Waals surface area contributed by atoms with E-state index >= 15 is 0 Å². The van der Waals surface area contributed by atoms with E-state index in [0.29, 0.717) is 17.7 Å². The van der Waals surface area contributed by atoms with Crippen LogP contribution in [0, 0.1) is 6.92 Å². The maximum absolute atomic E-state index is 11.7. The number of hydrogen-bond donors (Lipinski definition) is 4. The van der Waals surface area contributed by atoms with Crippen molar-refractivity contribution in [1.82, 2.24) is 10.6 Å². The fraction of sp³-hybridized carbons (Fsp3) is 0.273. The number of aryl methyl sites for hydroxylation is 1. The molecule has 1 aromatic carbocycles. The highest BCUT2D eigenvalue weighted by Crippen LogP contribution is 2.15. The van der Waals surface area contributed by atoms with E-state index in [1.807, 2.05) is 0 Å². The summed E-state index contributed by atoms with van der Waals surface area (Å²) in [5.41, 5.74) is 6.04. The summed E-state index contributed by atoms with van der Waals surface area (Å²) in [6.07, 6.45) is 0. The van der Waals surface area contributed by atoms with Crippen LogP contribution in [0.2, 0.25) is 0 Å². The number of urea groups is 1. The van der Waals surface area contributed by atoms with E-state index in [9.17, 15) is 14.7 Å². The van der Waals surface area contributed by atoms with Crippen molar-refractivity contribution in [2.45, 2.75) is 6.92 Å². The summed E-state index contributed by atoms with van der Waals surface area (Å²) in [5.74, 6) is -0.136. The molecule has 0 aromatic heterocycles. The molecule has 0 aliphatic rings. The van der Waals surface area contributed by atoms with E-state index in [1.165, 1.54) is 12.1 Å². The molecule has 92 valence electrons. The molecule has 1 rings (SSSR count). The maximum atomic E-state index is 11.7. The third-order valence-electron chi connectivity index (χ3n) is 2.16. The zero-order valence-electron chi connectivity index (χ0n) is 9.49. The number of phenolic OH excluding ortho intramolecular Hbond substituents is 1. The third-order valence-corrected chi connectivity index (χ3v) is 2.16. The van der Waals surface area contributed by atoms with Crippen LogP contribution in [0.15, 0.2) is 18.2 Å². The lowest BCUT2D eigenvalue weighted by Crippen LogP contribution is -2.37. The van der Waals surface area contributed by atoms with Crippen LogP contribution < -0.4 is 16.4 Å². The van der Waals surface area contributed by atoms with Crippen molar-refractivity contribution < 1.29 is 14.7 Å². The van der Waals surface area contributed by atoms with Crippen LogP contribution in [-0.4, -0.2) is 30.1 Å². The number of phenols is 1. The molecule has 6 heteroatoms. The Hall–Kier alpha value is -2.24. The molecular formula is C11H15N3O3. The summed E-state index contributed by atoms with van der Waals surface area (Å²) >= 11 is 0. The molecule has 0 aliphatic carbocycles. The molecule has 0 saturated carbocycles. The number of carbonyl (C=O) groups is 2. The third kappa shape index (κ3) is 4.02. The van der Waals surface area contributed by atoms with Crippen molar-refractivity contribution in [2.75, 3.05) is 13.1 Å². The summed E-state index contributed by atoms with van der Waals surface area (Å²) in [7, 11) is 0. The Kier molecular flexibility index (Phi) is 4.33. The maximum Gasteiger partial charge on any atom is 0.312 e. The molecule has 0 fully saturated rings. The van der Waals surface area contributed by atoms with Gasteiger partial charge in [0.25, 0.3) is 5.91 Å². The summed E-state index contributed by atoms with van der Waals surface area (Å²) in [4.78, 5) is 22.1. The second-order valence-corrected chi connectivity index (χ2v) is 3.55. The number of rotatable bonds is 4. The summed E-state index contributed by atoms with van der Waals surface area (Å²) < 4.78 is 0. The van der Waals surface area contributed by atoms with E-state index in [2.05, 4.69) is 10.6 Å². The molecule has 0 atom stereocenters. The van der Waals surface area contributed by atoms with E-state index in [4.69, 9.17) is 5.73 Å². The van der Waals surface area contributed by atoms with Crippen LogP contribution in [0.5, 0.6) is 5.75 Å². The zero-order chi connectivity index (χ0) is 12.8. The molecule has 1 aromatic rings. The number of nitrogens with one attached hydrogen (secondary N) is 2. The van der Waals surface area contributed by atoms with Crippen LogP contribution in [-0.2, 0) is 0 Å². The van der Waals surface area contributed by atoms with Gasteiger partial charge >= 0.3 is 6.03 Å². The second-order valence-electron chi connectivity index (χ2n) is 3.55. The first kappa shape index (κ1) is 12.8. The normalized spacial score (nSPS) is 9.71. The molecule has 0 heterocycles. The first-order valence-electron chi connectivity index (χ1n) is 5.12. The van der Waals surface area contributed by atoms with Crippen molar-refractivity contribution in [2.24, 2.45) is 5.73 Å². The first-order valence-corrected chi connectivity index (χ1v) is 5.12. The highest BCUT2D eigenvalue weighted by atomic mass is 16.3. The van der Waals surface area contributed by atoms with E-state index in [0.717, 1.165) is 0 Å². The van der Waals surface area contributed by atoms with Crippen LogP contribution in [0.4, 0.5) is 4.79 Å². The predicted octanol–water partition coefficient (Wildman–Crippen LogP) is 0.0987. The number of carbonyl (C=O) groups excluding carboxylic acids is 2. The minimum atomic E-state index is -0.625. The van der Waals surface area contributed by atoms with Gasteiger partial charge in [-0.3, -0.25) is 4.79 Å². The Labute approximate surface area is 98.8 Å². The smallest absolute Gasteiger partial charge is 0.312 e. The van der Waals surface area contributed by atoms with Gasteiger partial charge in [-0.05, 0) is 30.7 Å². The number of aromatic hydroxyl groups is 1. The zero-order valence-corrected chi connectivity index (χ0v) is 9.49. The average molecular weight is 237 g/mol. The van der Waals surface area contributed by atoms with Crippen molar-refractivity contribution >= 4 is 11.9 Å². The van der Waals surface area contributed by atoms with Crippen LogP contribution >= 0.6 is 0 Å². The van der Waals surface area contributed by atoms with Crippen molar-refractivity contribution in [3.63, 3.8) is 0 Å². The van der Waals surface area contributed by atoms with Gasteiger partial charge in [0.2, 0.25) is 0 Å².